The Bertz CT molecular complexity index is 161. The predicted molar refractivity (Wildman–Crippen MR) is 43.9 cm³/mol. The van der Waals surface area contributed by atoms with Gasteiger partial charge in [0.2, 0.25) is 0 Å². The van der Waals surface area contributed by atoms with E-state index in [1.165, 1.54) is 0 Å². The van der Waals surface area contributed by atoms with Crippen LogP contribution >= 0.6 is 0 Å². The van der Waals surface area contributed by atoms with E-state index in [1.54, 1.807) is 0 Å². The van der Waals surface area contributed by atoms with Crippen LogP contribution in [0.1, 0.15) is 19.8 Å². The maximum absolute atomic E-state index is 8.74. The quantitative estimate of drug-likeness (QED) is 0.621. The Hall–Kier alpha value is -0.590. The van der Waals surface area contributed by atoms with E-state index in [1.807, 2.05) is 6.92 Å². The molecule has 1 fully saturated rings. The van der Waals surface area contributed by atoms with Crippen molar-refractivity contribution >= 4 is 0 Å². The number of rotatable bonds is 2. The molecule has 3 nitrogen and oxygen atoms in total. The van der Waals surface area contributed by atoms with Gasteiger partial charge in [0.25, 0.3) is 0 Å². The summed E-state index contributed by atoms with van der Waals surface area (Å²) in [5.74, 6) is 0. The minimum absolute atomic E-state index is 0.0866. The topological polar surface area (TPSA) is 53.0 Å². The van der Waals surface area contributed by atoms with E-state index in [2.05, 4.69) is 11.0 Å². The van der Waals surface area contributed by atoms with Crippen molar-refractivity contribution in [3.63, 3.8) is 0 Å². The molecule has 0 bridgehead atoms. The minimum atomic E-state index is 0.0866. The Morgan fingerprint density at radius 3 is 2.91 bits per heavy atom. The summed E-state index contributed by atoms with van der Waals surface area (Å²) in [6.45, 7) is 3.93. The highest BCUT2D eigenvalue weighted by Gasteiger charge is 2.24. The highest BCUT2D eigenvalue weighted by atomic mass is 15.2. The summed E-state index contributed by atoms with van der Waals surface area (Å²) in [5.41, 5.74) is 5.72. The van der Waals surface area contributed by atoms with Gasteiger partial charge in [-0.3, -0.25) is 4.90 Å². The maximum atomic E-state index is 8.74. The fourth-order valence-corrected chi connectivity index (χ4v) is 1.53. The monoisotopic (exact) mass is 153 g/mol. The van der Waals surface area contributed by atoms with Gasteiger partial charge in [0.15, 0.2) is 0 Å². The van der Waals surface area contributed by atoms with E-state index in [4.69, 9.17) is 11.0 Å². The molecule has 0 aromatic heterocycles. The first-order valence-electron chi connectivity index (χ1n) is 4.17. The van der Waals surface area contributed by atoms with Crippen LogP contribution in [-0.4, -0.2) is 30.1 Å². The molecule has 1 saturated heterocycles. The molecular weight excluding hydrogens is 138 g/mol. The van der Waals surface area contributed by atoms with Crippen LogP contribution in [0.3, 0.4) is 0 Å². The summed E-state index contributed by atoms with van der Waals surface area (Å²) >= 11 is 0. The van der Waals surface area contributed by atoms with E-state index < -0.39 is 0 Å². The summed E-state index contributed by atoms with van der Waals surface area (Å²) in [7, 11) is 0. The zero-order valence-corrected chi connectivity index (χ0v) is 6.95. The van der Waals surface area contributed by atoms with Gasteiger partial charge < -0.3 is 5.73 Å². The van der Waals surface area contributed by atoms with E-state index in [0.717, 1.165) is 25.9 Å². The molecule has 2 N–H and O–H groups in total. The molecule has 11 heavy (non-hydrogen) atoms. The smallest absolute Gasteiger partial charge is 0.0975 e. The molecule has 1 rings (SSSR count). The van der Waals surface area contributed by atoms with Crippen LogP contribution in [0.4, 0.5) is 0 Å². The van der Waals surface area contributed by atoms with Crippen molar-refractivity contribution in [2.75, 3.05) is 13.1 Å². The van der Waals surface area contributed by atoms with Crippen molar-refractivity contribution in [1.82, 2.24) is 4.90 Å². The van der Waals surface area contributed by atoms with Crippen molar-refractivity contribution in [3.8, 4) is 6.07 Å². The van der Waals surface area contributed by atoms with Gasteiger partial charge in [-0.25, -0.2) is 0 Å². The molecule has 0 aliphatic carbocycles. The molecule has 0 radical (unpaired) electrons. The number of nitrogens with two attached hydrogens (primary N) is 1. The molecule has 0 saturated carbocycles. The van der Waals surface area contributed by atoms with Crippen LogP contribution in [0.5, 0.6) is 0 Å². The van der Waals surface area contributed by atoms with E-state index >= 15 is 0 Å². The summed E-state index contributed by atoms with van der Waals surface area (Å²) in [6.07, 6.45) is 1.95. The molecule has 1 aliphatic rings. The number of hydrogen-bond acceptors (Lipinski definition) is 3. The van der Waals surface area contributed by atoms with Crippen LogP contribution in [0, 0.1) is 11.3 Å². The first kappa shape index (κ1) is 8.51. The average molecular weight is 153 g/mol. The van der Waals surface area contributed by atoms with Gasteiger partial charge in [-0.2, -0.15) is 5.26 Å². The number of nitriles is 1. The Morgan fingerprint density at radius 2 is 2.55 bits per heavy atom. The molecule has 0 aromatic rings. The van der Waals surface area contributed by atoms with Crippen LogP contribution in [-0.2, 0) is 0 Å². The fourth-order valence-electron chi connectivity index (χ4n) is 1.53. The summed E-state index contributed by atoms with van der Waals surface area (Å²) in [5, 5.41) is 8.74. The summed E-state index contributed by atoms with van der Waals surface area (Å²) in [6, 6.07) is 2.66. The molecule has 2 atom stereocenters. The minimum Gasteiger partial charge on any atom is -0.326 e. The average Bonchev–Trinajstić information content (AvgIpc) is 2.39. The van der Waals surface area contributed by atoms with E-state index in [9.17, 15) is 0 Å². The van der Waals surface area contributed by atoms with Crippen molar-refractivity contribution in [3.05, 3.63) is 0 Å². The zero-order valence-electron chi connectivity index (χ0n) is 6.95. The highest BCUT2D eigenvalue weighted by molar-refractivity contribution is 4.94. The molecule has 2 unspecified atom stereocenters. The Morgan fingerprint density at radius 1 is 1.82 bits per heavy atom. The number of nitrogens with zero attached hydrogens (tertiary/aromatic N) is 2. The lowest BCUT2D eigenvalue weighted by atomic mass is 10.2. The predicted octanol–water partition coefficient (Wildman–Crippen LogP) is 0.322. The van der Waals surface area contributed by atoms with Crippen molar-refractivity contribution in [2.45, 2.75) is 31.8 Å². The lowest BCUT2D eigenvalue weighted by Crippen LogP contribution is -2.34. The van der Waals surface area contributed by atoms with Crippen molar-refractivity contribution in [2.24, 2.45) is 5.73 Å². The SMILES string of the molecule is CCC(C#N)N1CCC(N)C1. The fraction of sp³-hybridized carbons (Fsp3) is 0.875. The Kier molecular flexibility index (Phi) is 2.86. The van der Waals surface area contributed by atoms with Gasteiger partial charge in [-0.15, -0.1) is 0 Å². The third-order valence-corrected chi connectivity index (χ3v) is 2.23. The van der Waals surface area contributed by atoms with E-state index in [0.29, 0.717) is 0 Å². The second kappa shape index (κ2) is 3.70. The van der Waals surface area contributed by atoms with Gasteiger partial charge in [0, 0.05) is 19.1 Å². The second-order valence-electron chi connectivity index (χ2n) is 3.10. The molecule has 1 aliphatic heterocycles. The van der Waals surface area contributed by atoms with Crippen LogP contribution in [0.25, 0.3) is 0 Å². The summed E-state index contributed by atoms with van der Waals surface area (Å²) in [4.78, 5) is 2.17. The Labute approximate surface area is 67.8 Å². The lowest BCUT2D eigenvalue weighted by molar-refractivity contribution is 0.280. The normalized spacial score (nSPS) is 28.3. The third kappa shape index (κ3) is 1.92. The summed E-state index contributed by atoms with van der Waals surface area (Å²) < 4.78 is 0. The van der Waals surface area contributed by atoms with Gasteiger partial charge in [-0.1, -0.05) is 6.92 Å². The van der Waals surface area contributed by atoms with Crippen LogP contribution < -0.4 is 5.73 Å². The third-order valence-electron chi connectivity index (χ3n) is 2.23. The van der Waals surface area contributed by atoms with Crippen molar-refractivity contribution < 1.29 is 0 Å². The Balaban J connectivity index is 2.42. The van der Waals surface area contributed by atoms with Crippen LogP contribution in [0.15, 0.2) is 0 Å². The van der Waals surface area contributed by atoms with Gasteiger partial charge in [0.05, 0.1) is 12.1 Å². The van der Waals surface area contributed by atoms with E-state index in [-0.39, 0.29) is 12.1 Å². The zero-order chi connectivity index (χ0) is 8.27. The molecule has 0 amide bonds. The first-order valence-corrected chi connectivity index (χ1v) is 4.17. The van der Waals surface area contributed by atoms with Crippen LogP contribution in [0.2, 0.25) is 0 Å². The molecule has 0 spiro atoms. The highest BCUT2D eigenvalue weighted by Crippen LogP contribution is 2.12. The largest absolute Gasteiger partial charge is 0.326 e. The standard InChI is InChI=1S/C8H15N3/c1-2-8(5-9)11-4-3-7(10)6-11/h7-8H,2-4,6,10H2,1H3. The molecule has 1 heterocycles. The molecular formula is C8H15N3. The number of hydrogen-bond donors (Lipinski definition) is 1. The molecule has 0 aromatic carbocycles. The number of likely N-dealkylation sites (tertiary alicyclic amines) is 1. The first-order chi connectivity index (χ1) is 5.27. The van der Waals surface area contributed by atoms with Gasteiger partial charge in [0.1, 0.15) is 0 Å². The molecule has 3 heteroatoms. The maximum Gasteiger partial charge on any atom is 0.0975 e. The molecule has 62 valence electrons. The second-order valence-corrected chi connectivity index (χ2v) is 3.10. The van der Waals surface area contributed by atoms with Crippen molar-refractivity contribution in [1.29, 1.82) is 5.26 Å². The van der Waals surface area contributed by atoms with Gasteiger partial charge >= 0.3 is 0 Å². The lowest BCUT2D eigenvalue weighted by Gasteiger charge is -2.19. The van der Waals surface area contributed by atoms with Gasteiger partial charge in [-0.05, 0) is 12.8 Å².